The van der Waals surface area contributed by atoms with Crippen molar-refractivity contribution in [1.29, 1.82) is 0 Å². The summed E-state index contributed by atoms with van der Waals surface area (Å²) in [7, 11) is 1.48. The smallest absolute Gasteiger partial charge is 0.439 e. The van der Waals surface area contributed by atoms with Crippen LogP contribution in [0, 0.1) is 0 Å². The van der Waals surface area contributed by atoms with Crippen LogP contribution in [0.25, 0.3) is 27.2 Å². The van der Waals surface area contributed by atoms with Crippen molar-refractivity contribution in [3.63, 3.8) is 0 Å². The van der Waals surface area contributed by atoms with Gasteiger partial charge in [-0.2, -0.15) is 13.2 Å². The fourth-order valence-corrected chi connectivity index (χ4v) is 4.82. The molecule has 2 aromatic carbocycles. The summed E-state index contributed by atoms with van der Waals surface area (Å²) in [5, 5.41) is 1.94. The van der Waals surface area contributed by atoms with Crippen LogP contribution in [0.15, 0.2) is 70.0 Å². The number of nitrogens with one attached hydrogen (secondary N) is 1. The van der Waals surface area contributed by atoms with Gasteiger partial charge in [-0.05, 0) is 28.2 Å². The molecule has 0 saturated carbocycles. The molecule has 5 aromatic rings. The van der Waals surface area contributed by atoms with Crippen molar-refractivity contribution in [2.75, 3.05) is 12.8 Å². The van der Waals surface area contributed by atoms with Crippen molar-refractivity contribution in [3.8, 4) is 22.7 Å². The number of hydrogen-bond donors (Lipinski definition) is 2. The normalized spacial score (nSPS) is 11.7. The van der Waals surface area contributed by atoms with E-state index in [1.165, 1.54) is 7.11 Å². The van der Waals surface area contributed by atoms with Crippen LogP contribution in [0.3, 0.4) is 0 Å². The highest BCUT2D eigenvalue weighted by Gasteiger charge is 2.39. The number of carbonyl (C=O) groups is 1. The number of halogens is 3. The summed E-state index contributed by atoms with van der Waals surface area (Å²) in [6, 6.07) is 15.5. The van der Waals surface area contributed by atoms with Crippen LogP contribution in [-0.4, -0.2) is 23.1 Å². The van der Waals surface area contributed by atoms with E-state index < -0.39 is 39.9 Å². The summed E-state index contributed by atoms with van der Waals surface area (Å²) < 4.78 is 53.1. The van der Waals surface area contributed by atoms with Gasteiger partial charge in [0.25, 0.3) is 5.78 Å². The Bertz CT molecular complexity index is 1660. The minimum Gasteiger partial charge on any atom is -0.497 e. The third kappa shape index (κ3) is 3.90. The van der Waals surface area contributed by atoms with E-state index in [1.54, 1.807) is 54.6 Å². The number of thiophene rings is 1. The highest BCUT2D eigenvalue weighted by Crippen LogP contribution is 2.43. The van der Waals surface area contributed by atoms with Gasteiger partial charge in [0.05, 0.1) is 24.1 Å². The lowest BCUT2D eigenvalue weighted by molar-refractivity contribution is -0.672. The van der Waals surface area contributed by atoms with E-state index in [0.29, 0.717) is 28.3 Å². The number of alkyl halides is 3. The molecule has 0 aliphatic carbocycles. The SMILES string of the molecule is COc1ccc(-[n+]2[nH]oc(=O)c2C(=O)c2sc3nc(-c4ccccc4)cc(C(F)(F)F)c3c2N)cc1. The van der Waals surface area contributed by atoms with Gasteiger partial charge in [0, 0.05) is 23.1 Å². The largest absolute Gasteiger partial charge is 0.497 e. The number of nitrogens with two attached hydrogens (primary N) is 1. The number of ether oxygens (including phenoxy) is 1. The Hall–Kier alpha value is -4.45. The molecule has 0 aliphatic rings. The first kappa shape index (κ1) is 23.3. The van der Waals surface area contributed by atoms with Gasteiger partial charge in [-0.15, -0.1) is 11.3 Å². The number of anilines is 1. The van der Waals surface area contributed by atoms with Crippen LogP contribution in [0.2, 0.25) is 0 Å². The summed E-state index contributed by atoms with van der Waals surface area (Å²) in [6.45, 7) is 0. The fourth-order valence-electron chi connectivity index (χ4n) is 3.76. The topological polar surface area (TPSA) is 115 Å². The zero-order valence-electron chi connectivity index (χ0n) is 18.4. The number of nitrogen functional groups attached to an aromatic ring is 1. The molecule has 0 bridgehead atoms. The number of hydrogen-bond acceptors (Lipinski definition) is 7. The molecular formula is C24H16F3N4O4S+. The lowest BCUT2D eigenvalue weighted by Crippen LogP contribution is -2.41. The first-order valence-electron chi connectivity index (χ1n) is 10.4. The summed E-state index contributed by atoms with van der Waals surface area (Å²) in [5.41, 5.74) is 4.07. The molecule has 0 atom stereocenters. The van der Waals surface area contributed by atoms with E-state index in [0.717, 1.165) is 10.7 Å². The molecule has 3 heterocycles. The summed E-state index contributed by atoms with van der Waals surface area (Å²) >= 11 is 0.675. The molecule has 0 fully saturated rings. The molecule has 3 N–H and O–H groups in total. The molecule has 0 amide bonds. The van der Waals surface area contributed by atoms with Gasteiger partial charge in [0.15, 0.2) is 0 Å². The predicted molar refractivity (Wildman–Crippen MR) is 125 cm³/mol. The molecule has 5 rings (SSSR count). The average Bonchev–Trinajstić information content (AvgIpc) is 3.43. The minimum absolute atomic E-state index is 0.0742. The Kier molecular flexibility index (Phi) is 5.59. The number of carbonyl (C=O) groups excluding carboxylic acids is 1. The van der Waals surface area contributed by atoms with Crippen LogP contribution in [0.5, 0.6) is 5.75 Å². The monoisotopic (exact) mass is 513 g/mol. The van der Waals surface area contributed by atoms with Crippen molar-refractivity contribution in [2.24, 2.45) is 0 Å². The Morgan fingerprint density at radius 2 is 1.83 bits per heavy atom. The van der Waals surface area contributed by atoms with Crippen molar-refractivity contribution >= 4 is 33.0 Å². The van der Waals surface area contributed by atoms with Gasteiger partial charge in [0.1, 0.15) is 15.5 Å². The maximum Gasteiger partial charge on any atom is 0.439 e. The van der Waals surface area contributed by atoms with Gasteiger partial charge in [-0.1, -0.05) is 30.3 Å². The van der Waals surface area contributed by atoms with Crippen molar-refractivity contribution in [1.82, 2.24) is 10.3 Å². The van der Waals surface area contributed by atoms with E-state index in [2.05, 4.69) is 10.3 Å². The van der Waals surface area contributed by atoms with E-state index in [9.17, 15) is 22.8 Å². The van der Waals surface area contributed by atoms with Crippen LogP contribution in [0.1, 0.15) is 20.9 Å². The Balaban J connectivity index is 1.69. The number of nitrogens with zero attached hydrogens (tertiary/aromatic N) is 2. The van der Waals surface area contributed by atoms with Crippen molar-refractivity contribution in [2.45, 2.75) is 6.18 Å². The zero-order valence-corrected chi connectivity index (χ0v) is 19.2. The molecule has 12 heteroatoms. The summed E-state index contributed by atoms with van der Waals surface area (Å²) in [4.78, 5) is 29.9. The summed E-state index contributed by atoms with van der Waals surface area (Å²) in [6.07, 6.45) is -4.77. The molecule has 0 radical (unpaired) electrons. The molecule has 182 valence electrons. The lowest BCUT2D eigenvalue weighted by atomic mass is 10.0. The van der Waals surface area contributed by atoms with Gasteiger partial charge < -0.3 is 10.5 Å². The van der Waals surface area contributed by atoms with Crippen LogP contribution < -0.4 is 20.8 Å². The first-order chi connectivity index (χ1) is 17.2. The van der Waals surface area contributed by atoms with Gasteiger partial charge in [0.2, 0.25) is 5.69 Å². The minimum atomic E-state index is -4.77. The van der Waals surface area contributed by atoms with Crippen LogP contribution in [-0.2, 0) is 6.18 Å². The Morgan fingerprint density at radius 3 is 2.47 bits per heavy atom. The number of H-pyrrole nitrogens is 1. The van der Waals surface area contributed by atoms with Gasteiger partial charge in [-0.3, -0.25) is 9.32 Å². The molecule has 8 nitrogen and oxygen atoms in total. The lowest BCUT2D eigenvalue weighted by Gasteiger charge is -2.11. The van der Waals surface area contributed by atoms with Crippen molar-refractivity contribution in [3.05, 3.63) is 87.2 Å². The Labute approximate surface area is 204 Å². The number of aromatic nitrogens is 3. The van der Waals surface area contributed by atoms with Gasteiger partial charge >= 0.3 is 17.5 Å². The summed E-state index contributed by atoms with van der Waals surface area (Å²) in [5.74, 6) is -0.373. The van der Waals surface area contributed by atoms with Crippen LogP contribution in [0.4, 0.5) is 18.9 Å². The molecule has 3 aromatic heterocycles. The third-order valence-electron chi connectivity index (χ3n) is 5.47. The zero-order chi connectivity index (χ0) is 25.6. The highest BCUT2D eigenvalue weighted by molar-refractivity contribution is 7.21. The predicted octanol–water partition coefficient (Wildman–Crippen LogP) is 4.36. The number of rotatable bonds is 5. The highest BCUT2D eigenvalue weighted by atomic mass is 32.1. The molecule has 36 heavy (non-hydrogen) atoms. The number of fused-ring (bicyclic) bond motifs is 1. The Morgan fingerprint density at radius 1 is 1.14 bits per heavy atom. The number of aromatic amines is 1. The third-order valence-corrected chi connectivity index (χ3v) is 6.57. The van der Waals surface area contributed by atoms with Crippen molar-refractivity contribution < 1.29 is 31.9 Å². The maximum atomic E-state index is 14.0. The van der Waals surface area contributed by atoms with E-state index in [4.69, 9.17) is 15.0 Å². The maximum absolute atomic E-state index is 14.0. The number of ketones is 1. The number of pyridine rings is 1. The number of methoxy groups -OCH3 is 1. The van der Waals surface area contributed by atoms with E-state index in [1.807, 2.05) is 0 Å². The average molecular weight is 513 g/mol. The van der Waals surface area contributed by atoms with Gasteiger partial charge in [-0.25, -0.2) is 9.78 Å². The molecule has 0 spiro atoms. The number of benzene rings is 2. The molecule has 0 saturated heterocycles. The second-order valence-electron chi connectivity index (χ2n) is 7.64. The fraction of sp³-hybridized carbons (Fsp3) is 0.0833. The second kappa shape index (κ2) is 8.64. The van der Waals surface area contributed by atoms with E-state index in [-0.39, 0.29) is 15.4 Å². The molecular weight excluding hydrogens is 497 g/mol. The molecule has 0 aliphatic heterocycles. The molecule has 0 unspecified atom stereocenters. The first-order valence-corrected chi connectivity index (χ1v) is 11.2. The standard InChI is InChI=1S/C24H15F3N4O4S/c1-34-14-9-7-13(8-10-14)31-19(23(33)35-30-31)20(32)21-18(28)17-15(24(25,26)27)11-16(29-22(17)36-21)12-5-3-2-4-6-12/h2-11H,1H3,(H2-,28,30,32,33)/p+1. The second-order valence-corrected chi connectivity index (χ2v) is 8.63. The quantitative estimate of drug-likeness (QED) is 0.267. The van der Waals surface area contributed by atoms with Crippen LogP contribution >= 0.6 is 11.3 Å². The van der Waals surface area contributed by atoms with E-state index >= 15 is 0 Å².